The van der Waals surface area contributed by atoms with Crippen LogP contribution < -0.4 is 10.1 Å². The van der Waals surface area contributed by atoms with Gasteiger partial charge in [-0.15, -0.1) is 0 Å². The van der Waals surface area contributed by atoms with Gasteiger partial charge in [-0.25, -0.2) is 4.98 Å². The Labute approximate surface area is 149 Å². The van der Waals surface area contributed by atoms with E-state index in [1.807, 2.05) is 16.8 Å². The molecule has 0 spiro atoms. The standard InChI is InChI=1S/C17H16ClN5O2/c18-13-3-1-4-14(9-13)24-11-16-22-15(10-19)17(25-16)21-5-2-7-23-8-6-20-12-23/h1,3-4,6,8-9,12,21H,2,5,7,11H2. The van der Waals surface area contributed by atoms with Gasteiger partial charge in [0.2, 0.25) is 17.5 Å². The van der Waals surface area contributed by atoms with Crippen molar-refractivity contribution < 1.29 is 9.15 Å². The summed E-state index contributed by atoms with van der Waals surface area (Å²) in [7, 11) is 0. The summed E-state index contributed by atoms with van der Waals surface area (Å²) in [5.74, 6) is 1.30. The molecule has 1 aromatic carbocycles. The van der Waals surface area contributed by atoms with Gasteiger partial charge in [0.1, 0.15) is 11.8 Å². The number of anilines is 1. The molecule has 128 valence electrons. The zero-order valence-electron chi connectivity index (χ0n) is 13.4. The fourth-order valence-electron chi connectivity index (χ4n) is 2.21. The molecule has 0 aliphatic rings. The van der Waals surface area contributed by atoms with Gasteiger partial charge in [-0.1, -0.05) is 17.7 Å². The van der Waals surface area contributed by atoms with Crippen LogP contribution in [0.5, 0.6) is 5.75 Å². The highest BCUT2D eigenvalue weighted by molar-refractivity contribution is 6.30. The van der Waals surface area contributed by atoms with E-state index in [-0.39, 0.29) is 12.3 Å². The smallest absolute Gasteiger partial charge is 0.236 e. The lowest BCUT2D eigenvalue weighted by atomic mass is 10.3. The van der Waals surface area contributed by atoms with E-state index in [2.05, 4.69) is 15.3 Å². The number of halogens is 1. The van der Waals surface area contributed by atoms with E-state index in [0.29, 0.717) is 29.1 Å². The van der Waals surface area contributed by atoms with Crippen molar-refractivity contribution in [1.29, 1.82) is 5.26 Å². The van der Waals surface area contributed by atoms with Crippen LogP contribution in [0.3, 0.4) is 0 Å². The highest BCUT2D eigenvalue weighted by atomic mass is 35.5. The predicted molar refractivity (Wildman–Crippen MR) is 92.3 cm³/mol. The van der Waals surface area contributed by atoms with Crippen molar-refractivity contribution in [3.63, 3.8) is 0 Å². The third-order valence-corrected chi connectivity index (χ3v) is 3.61. The summed E-state index contributed by atoms with van der Waals surface area (Å²) in [5, 5.41) is 12.9. The molecule has 3 aromatic rings. The number of ether oxygens (including phenoxy) is 1. The number of hydrogen-bond donors (Lipinski definition) is 1. The number of aryl methyl sites for hydroxylation is 1. The van der Waals surface area contributed by atoms with Gasteiger partial charge >= 0.3 is 0 Å². The fraction of sp³-hybridized carbons (Fsp3) is 0.235. The van der Waals surface area contributed by atoms with Gasteiger partial charge < -0.3 is 19.0 Å². The van der Waals surface area contributed by atoms with Crippen molar-refractivity contribution in [2.45, 2.75) is 19.6 Å². The SMILES string of the molecule is N#Cc1nc(COc2cccc(Cl)c2)oc1NCCCn1ccnc1. The first-order valence-corrected chi connectivity index (χ1v) is 8.10. The maximum absolute atomic E-state index is 9.18. The van der Waals surface area contributed by atoms with Gasteiger partial charge in [0.05, 0.1) is 6.33 Å². The summed E-state index contributed by atoms with van der Waals surface area (Å²) in [6, 6.07) is 9.06. The van der Waals surface area contributed by atoms with Crippen molar-refractivity contribution in [2.75, 3.05) is 11.9 Å². The molecule has 0 amide bonds. The minimum Gasteiger partial charge on any atom is -0.484 e. The Morgan fingerprint density at radius 2 is 2.32 bits per heavy atom. The molecule has 0 aliphatic heterocycles. The normalized spacial score (nSPS) is 10.4. The molecule has 0 unspecified atom stereocenters. The summed E-state index contributed by atoms with van der Waals surface area (Å²) in [6.07, 6.45) is 6.26. The molecule has 2 heterocycles. The molecule has 0 saturated heterocycles. The molecular weight excluding hydrogens is 342 g/mol. The van der Waals surface area contributed by atoms with E-state index in [0.717, 1.165) is 13.0 Å². The van der Waals surface area contributed by atoms with Crippen molar-refractivity contribution >= 4 is 17.5 Å². The molecule has 0 radical (unpaired) electrons. The Morgan fingerprint density at radius 3 is 3.08 bits per heavy atom. The summed E-state index contributed by atoms with van der Waals surface area (Å²) < 4.78 is 13.1. The number of hydrogen-bond acceptors (Lipinski definition) is 6. The van der Waals surface area contributed by atoms with Crippen LogP contribution in [-0.2, 0) is 13.2 Å². The van der Waals surface area contributed by atoms with Crippen LogP contribution >= 0.6 is 11.6 Å². The van der Waals surface area contributed by atoms with E-state index in [1.54, 1.807) is 36.8 Å². The van der Waals surface area contributed by atoms with E-state index < -0.39 is 0 Å². The first kappa shape index (κ1) is 16.9. The molecule has 7 nitrogen and oxygen atoms in total. The number of nitriles is 1. The van der Waals surface area contributed by atoms with E-state index in [4.69, 9.17) is 20.8 Å². The molecule has 0 aliphatic carbocycles. The fourth-order valence-corrected chi connectivity index (χ4v) is 2.39. The zero-order valence-corrected chi connectivity index (χ0v) is 14.1. The highest BCUT2D eigenvalue weighted by Gasteiger charge is 2.13. The summed E-state index contributed by atoms with van der Waals surface area (Å²) in [5.41, 5.74) is 0.215. The van der Waals surface area contributed by atoms with Crippen LogP contribution in [0.2, 0.25) is 5.02 Å². The van der Waals surface area contributed by atoms with Crippen molar-refractivity contribution in [3.8, 4) is 11.8 Å². The first-order valence-electron chi connectivity index (χ1n) is 7.72. The lowest BCUT2D eigenvalue weighted by Gasteiger charge is -2.04. The second kappa shape index (κ2) is 8.22. The molecule has 3 rings (SSSR count). The monoisotopic (exact) mass is 357 g/mol. The number of nitrogens with zero attached hydrogens (tertiary/aromatic N) is 4. The maximum atomic E-state index is 9.18. The molecular formula is C17H16ClN5O2. The van der Waals surface area contributed by atoms with Crippen LogP contribution in [0.25, 0.3) is 0 Å². The van der Waals surface area contributed by atoms with Crippen molar-refractivity contribution in [2.24, 2.45) is 0 Å². The van der Waals surface area contributed by atoms with E-state index in [1.165, 1.54) is 0 Å². The van der Waals surface area contributed by atoms with Crippen LogP contribution in [0.4, 0.5) is 5.88 Å². The molecule has 8 heteroatoms. The van der Waals surface area contributed by atoms with Gasteiger partial charge in [-0.3, -0.25) is 0 Å². The topological polar surface area (TPSA) is 88.9 Å². The van der Waals surface area contributed by atoms with Crippen LogP contribution in [-0.4, -0.2) is 21.1 Å². The number of imidazole rings is 1. The van der Waals surface area contributed by atoms with Gasteiger partial charge in [0.15, 0.2) is 6.61 Å². The van der Waals surface area contributed by atoms with Gasteiger partial charge in [0.25, 0.3) is 0 Å². The van der Waals surface area contributed by atoms with Gasteiger partial charge in [-0.05, 0) is 24.6 Å². The number of benzene rings is 1. The minimum absolute atomic E-state index is 0.117. The number of aromatic nitrogens is 3. The third kappa shape index (κ3) is 4.75. The summed E-state index contributed by atoms with van der Waals surface area (Å²) >= 11 is 5.91. The number of oxazole rings is 1. The van der Waals surface area contributed by atoms with Crippen LogP contribution in [0.15, 0.2) is 47.4 Å². The largest absolute Gasteiger partial charge is 0.484 e. The van der Waals surface area contributed by atoms with Crippen LogP contribution in [0, 0.1) is 11.3 Å². The quantitative estimate of drug-likeness (QED) is 0.621. The molecule has 2 aromatic heterocycles. The second-order valence-corrected chi connectivity index (χ2v) is 5.66. The zero-order chi connectivity index (χ0) is 17.5. The number of nitrogens with one attached hydrogen (secondary N) is 1. The number of rotatable bonds is 8. The summed E-state index contributed by atoms with van der Waals surface area (Å²) in [6.45, 7) is 1.59. The Hall–Kier alpha value is -2.98. The molecule has 0 fully saturated rings. The molecule has 1 N–H and O–H groups in total. The van der Waals surface area contributed by atoms with E-state index in [9.17, 15) is 5.26 Å². The molecule has 0 atom stereocenters. The van der Waals surface area contributed by atoms with Crippen molar-refractivity contribution in [1.82, 2.24) is 14.5 Å². The lowest BCUT2D eigenvalue weighted by molar-refractivity contribution is 0.265. The average molecular weight is 358 g/mol. The molecule has 25 heavy (non-hydrogen) atoms. The minimum atomic E-state index is 0.117. The average Bonchev–Trinajstić information content (AvgIpc) is 3.26. The Bertz CT molecular complexity index is 854. The predicted octanol–water partition coefficient (Wildman–Crippen LogP) is 3.48. The Morgan fingerprint density at radius 1 is 1.40 bits per heavy atom. The van der Waals surface area contributed by atoms with Gasteiger partial charge in [0, 0.05) is 30.5 Å². The Kier molecular flexibility index (Phi) is 5.54. The molecule has 0 bridgehead atoms. The lowest BCUT2D eigenvalue weighted by Crippen LogP contribution is -2.06. The Balaban J connectivity index is 1.53. The summed E-state index contributed by atoms with van der Waals surface area (Å²) in [4.78, 5) is 8.12. The van der Waals surface area contributed by atoms with Gasteiger partial charge in [-0.2, -0.15) is 10.2 Å². The van der Waals surface area contributed by atoms with Crippen molar-refractivity contribution in [3.05, 3.63) is 59.6 Å². The van der Waals surface area contributed by atoms with E-state index >= 15 is 0 Å². The maximum Gasteiger partial charge on any atom is 0.236 e. The van der Waals surface area contributed by atoms with Crippen LogP contribution in [0.1, 0.15) is 18.0 Å². The highest BCUT2D eigenvalue weighted by Crippen LogP contribution is 2.20. The third-order valence-electron chi connectivity index (χ3n) is 3.37. The first-order chi connectivity index (χ1) is 12.2. The second-order valence-electron chi connectivity index (χ2n) is 5.22. The molecule has 0 saturated carbocycles.